The monoisotopic (exact) mass is 1070 g/mol. The molecule has 0 saturated carbocycles. The minimum Gasteiger partial charge on any atom is -0.462 e. The van der Waals surface area contributed by atoms with Gasteiger partial charge in [-0.05, 0) is 31.1 Å². The quantitative estimate of drug-likeness (QED) is 0.0343. The van der Waals surface area contributed by atoms with E-state index in [4.69, 9.17) is 14.2 Å². The fourth-order valence-electron chi connectivity index (χ4n) is 11.0. The molecule has 0 spiro atoms. The predicted octanol–water partition coefficient (Wildman–Crippen LogP) is 23.6. The van der Waals surface area contributed by atoms with Gasteiger partial charge in [0.1, 0.15) is 13.2 Å². The Kier molecular flexibility index (Phi) is 61.3. The average molecular weight is 1070 g/mol. The van der Waals surface area contributed by atoms with Crippen LogP contribution < -0.4 is 0 Å². The number of ether oxygens (including phenoxy) is 3. The number of esters is 3. The van der Waals surface area contributed by atoms with E-state index in [2.05, 4.69) is 34.6 Å². The van der Waals surface area contributed by atoms with Crippen LogP contribution in [0.3, 0.4) is 0 Å². The summed E-state index contributed by atoms with van der Waals surface area (Å²) in [6.45, 7) is 11.5. The summed E-state index contributed by atoms with van der Waals surface area (Å²) in [5.74, 6) is 0.944. The molecular weight excluding hydrogens is 937 g/mol. The van der Waals surface area contributed by atoms with Crippen LogP contribution in [0.5, 0.6) is 0 Å². The van der Waals surface area contributed by atoms with Crippen molar-refractivity contribution in [2.45, 2.75) is 407 Å². The van der Waals surface area contributed by atoms with Crippen molar-refractivity contribution in [1.82, 2.24) is 0 Å². The van der Waals surface area contributed by atoms with Crippen molar-refractivity contribution in [2.75, 3.05) is 13.2 Å². The Morgan fingerprint density at radius 2 is 0.500 bits per heavy atom. The number of carbonyl (C=O) groups is 3. The van der Waals surface area contributed by atoms with Gasteiger partial charge < -0.3 is 14.2 Å². The van der Waals surface area contributed by atoms with Crippen LogP contribution in [0.2, 0.25) is 0 Å². The van der Waals surface area contributed by atoms with Gasteiger partial charge in [-0.15, -0.1) is 0 Å². The van der Waals surface area contributed by atoms with Crippen molar-refractivity contribution in [3.8, 4) is 0 Å². The van der Waals surface area contributed by atoms with Gasteiger partial charge in [0.2, 0.25) is 0 Å². The molecule has 0 amide bonds. The van der Waals surface area contributed by atoms with Crippen molar-refractivity contribution in [1.29, 1.82) is 0 Å². The van der Waals surface area contributed by atoms with E-state index in [0.29, 0.717) is 19.3 Å². The Balaban J connectivity index is 4.25. The summed E-state index contributed by atoms with van der Waals surface area (Å²) >= 11 is 0. The van der Waals surface area contributed by atoms with Crippen LogP contribution in [0.1, 0.15) is 401 Å². The average Bonchev–Trinajstić information content (AvgIpc) is 3.41. The lowest BCUT2D eigenvalue weighted by Crippen LogP contribution is -2.30. The van der Waals surface area contributed by atoms with E-state index in [1.165, 1.54) is 289 Å². The molecule has 0 radical (unpaired) electrons. The standard InChI is InChI=1S/C70H136O6/c1-6-8-9-10-11-12-13-14-23-30-35-40-45-50-55-60-68(71)74-63-67(76-70(73)62-57-52-47-42-37-32-27-22-17-15-19-24-28-33-38-43-48-53-58-65(3)4)64-75-69(72)61-56-51-46-41-36-31-26-21-18-16-20-25-29-34-39-44-49-54-59-66(5)7-2/h65-67H,6-64H2,1-5H3/t66?,67-/m1/s1. The lowest BCUT2D eigenvalue weighted by molar-refractivity contribution is -0.167. The largest absolute Gasteiger partial charge is 0.462 e. The Morgan fingerprint density at radius 3 is 0.750 bits per heavy atom. The van der Waals surface area contributed by atoms with Gasteiger partial charge in [0.25, 0.3) is 0 Å². The lowest BCUT2D eigenvalue weighted by atomic mass is 9.99. The van der Waals surface area contributed by atoms with Crippen molar-refractivity contribution in [2.24, 2.45) is 11.8 Å². The molecule has 0 N–H and O–H groups in total. The Bertz CT molecular complexity index is 1170. The molecule has 2 atom stereocenters. The number of unbranched alkanes of at least 4 members (excludes halogenated alkanes) is 48. The third kappa shape index (κ3) is 61.6. The van der Waals surface area contributed by atoms with Crippen LogP contribution in [0.15, 0.2) is 0 Å². The SMILES string of the molecule is CCCCCCCCCCCCCCCCCC(=O)OC[C@H](COC(=O)CCCCCCCCCCCCCCCCCCCCC(C)CC)OC(=O)CCCCCCCCCCCCCCCCCCCCC(C)C. The van der Waals surface area contributed by atoms with Crippen molar-refractivity contribution < 1.29 is 28.6 Å². The minimum atomic E-state index is -0.764. The molecular formula is C70H136O6. The van der Waals surface area contributed by atoms with Gasteiger partial charge in [-0.2, -0.15) is 0 Å². The molecule has 0 aliphatic carbocycles. The fourth-order valence-corrected chi connectivity index (χ4v) is 11.0. The van der Waals surface area contributed by atoms with Gasteiger partial charge >= 0.3 is 17.9 Å². The second-order valence-electron chi connectivity index (χ2n) is 24.9. The van der Waals surface area contributed by atoms with Crippen molar-refractivity contribution >= 4 is 17.9 Å². The highest BCUT2D eigenvalue weighted by molar-refractivity contribution is 5.71. The molecule has 0 aromatic heterocycles. The van der Waals surface area contributed by atoms with Crippen molar-refractivity contribution in [3.05, 3.63) is 0 Å². The molecule has 1 unspecified atom stereocenters. The van der Waals surface area contributed by atoms with Gasteiger partial charge in [0.05, 0.1) is 0 Å². The minimum absolute atomic E-state index is 0.0612. The first-order valence-corrected chi connectivity index (χ1v) is 34.8. The number of hydrogen-bond donors (Lipinski definition) is 0. The third-order valence-electron chi connectivity index (χ3n) is 16.6. The highest BCUT2D eigenvalue weighted by Crippen LogP contribution is 2.20. The van der Waals surface area contributed by atoms with E-state index in [9.17, 15) is 14.4 Å². The molecule has 0 heterocycles. The smallest absolute Gasteiger partial charge is 0.306 e. The van der Waals surface area contributed by atoms with E-state index in [0.717, 1.165) is 69.6 Å². The molecule has 0 saturated heterocycles. The highest BCUT2D eigenvalue weighted by Gasteiger charge is 2.20. The summed E-state index contributed by atoms with van der Waals surface area (Å²) in [4.78, 5) is 38.4. The van der Waals surface area contributed by atoms with Crippen LogP contribution in [0.25, 0.3) is 0 Å². The van der Waals surface area contributed by atoms with Crippen molar-refractivity contribution in [3.63, 3.8) is 0 Å². The zero-order valence-electron chi connectivity index (χ0n) is 52.4. The Morgan fingerprint density at radius 1 is 0.276 bits per heavy atom. The van der Waals surface area contributed by atoms with Crippen LogP contribution >= 0.6 is 0 Å². The molecule has 0 aromatic carbocycles. The first-order chi connectivity index (χ1) is 37.3. The van der Waals surface area contributed by atoms with E-state index in [-0.39, 0.29) is 31.1 Å². The maximum absolute atomic E-state index is 12.9. The summed E-state index contributed by atoms with van der Waals surface area (Å²) in [6, 6.07) is 0. The van der Waals surface area contributed by atoms with Gasteiger partial charge in [-0.3, -0.25) is 14.4 Å². The first-order valence-electron chi connectivity index (χ1n) is 34.8. The topological polar surface area (TPSA) is 78.9 Å². The molecule has 0 fully saturated rings. The van der Waals surface area contributed by atoms with Crippen LogP contribution in [-0.4, -0.2) is 37.2 Å². The Hall–Kier alpha value is -1.59. The van der Waals surface area contributed by atoms with Gasteiger partial charge in [0.15, 0.2) is 6.10 Å². The zero-order valence-corrected chi connectivity index (χ0v) is 52.4. The molecule has 0 aliphatic rings. The molecule has 6 heteroatoms. The summed E-state index contributed by atoms with van der Waals surface area (Å²) < 4.78 is 17.0. The number of hydrogen-bond acceptors (Lipinski definition) is 6. The lowest BCUT2D eigenvalue weighted by Gasteiger charge is -2.18. The van der Waals surface area contributed by atoms with E-state index >= 15 is 0 Å². The van der Waals surface area contributed by atoms with E-state index in [1.54, 1.807) is 0 Å². The molecule has 0 bridgehead atoms. The normalized spacial score (nSPS) is 12.4. The Labute approximate surface area is 476 Å². The maximum atomic E-state index is 12.9. The van der Waals surface area contributed by atoms with Crippen LogP contribution in [0.4, 0.5) is 0 Å². The maximum Gasteiger partial charge on any atom is 0.306 e. The predicted molar refractivity (Wildman–Crippen MR) is 330 cm³/mol. The first kappa shape index (κ1) is 74.4. The molecule has 0 rings (SSSR count). The second kappa shape index (κ2) is 62.6. The van der Waals surface area contributed by atoms with Gasteiger partial charge in [-0.25, -0.2) is 0 Å². The highest BCUT2D eigenvalue weighted by atomic mass is 16.6. The molecule has 0 aromatic rings. The number of carbonyl (C=O) groups excluding carboxylic acids is 3. The summed E-state index contributed by atoms with van der Waals surface area (Å²) in [6.07, 6.45) is 71.1. The summed E-state index contributed by atoms with van der Waals surface area (Å²) in [5, 5.41) is 0. The third-order valence-corrected chi connectivity index (χ3v) is 16.6. The zero-order chi connectivity index (χ0) is 55.3. The summed E-state index contributed by atoms with van der Waals surface area (Å²) in [5.41, 5.74) is 0. The number of rotatable bonds is 64. The van der Waals surface area contributed by atoms with Gasteiger partial charge in [-0.1, -0.05) is 362 Å². The molecule has 452 valence electrons. The van der Waals surface area contributed by atoms with Crippen LogP contribution in [-0.2, 0) is 28.6 Å². The molecule has 76 heavy (non-hydrogen) atoms. The summed E-state index contributed by atoms with van der Waals surface area (Å²) in [7, 11) is 0. The van der Waals surface area contributed by atoms with E-state index in [1.807, 2.05) is 0 Å². The van der Waals surface area contributed by atoms with Gasteiger partial charge in [0, 0.05) is 19.3 Å². The second-order valence-corrected chi connectivity index (χ2v) is 24.9. The molecule has 6 nitrogen and oxygen atoms in total. The fraction of sp³-hybridized carbons (Fsp3) is 0.957. The molecule has 0 aliphatic heterocycles. The van der Waals surface area contributed by atoms with E-state index < -0.39 is 6.10 Å². The van der Waals surface area contributed by atoms with Crippen LogP contribution in [0, 0.1) is 11.8 Å².